The van der Waals surface area contributed by atoms with E-state index in [9.17, 15) is 4.39 Å². The number of nitrogens with one attached hydrogen (secondary N) is 1. The maximum Gasteiger partial charge on any atom is 0.128 e. The fourth-order valence-electron chi connectivity index (χ4n) is 2.82. The van der Waals surface area contributed by atoms with E-state index in [0.717, 1.165) is 24.1 Å². The lowest BCUT2D eigenvalue weighted by Crippen LogP contribution is -2.25. The molecule has 0 saturated carbocycles. The molecule has 0 aliphatic rings. The molecule has 1 atom stereocenters. The summed E-state index contributed by atoms with van der Waals surface area (Å²) in [5.74, 6) is -0.142. The van der Waals surface area contributed by atoms with E-state index in [-0.39, 0.29) is 11.9 Å². The van der Waals surface area contributed by atoms with Crippen molar-refractivity contribution in [3.8, 4) is 0 Å². The van der Waals surface area contributed by atoms with Crippen LogP contribution >= 0.6 is 0 Å². The van der Waals surface area contributed by atoms with Crippen LogP contribution in [0, 0.1) is 26.6 Å². The molecule has 2 aromatic carbocycles. The third-order valence-corrected chi connectivity index (χ3v) is 3.89. The molecule has 21 heavy (non-hydrogen) atoms. The number of benzene rings is 2. The quantitative estimate of drug-likeness (QED) is 0.829. The van der Waals surface area contributed by atoms with E-state index in [1.807, 2.05) is 19.1 Å². The molecule has 0 radical (unpaired) electrons. The lowest BCUT2D eigenvalue weighted by molar-refractivity contribution is 0.543. The Hall–Kier alpha value is -1.67. The highest BCUT2D eigenvalue weighted by molar-refractivity contribution is 5.43. The summed E-state index contributed by atoms with van der Waals surface area (Å²) in [4.78, 5) is 0. The molecule has 2 heteroatoms. The summed E-state index contributed by atoms with van der Waals surface area (Å²) in [6, 6.07) is 11.5. The van der Waals surface area contributed by atoms with Crippen LogP contribution in [0.25, 0.3) is 0 Å². The second-order valence-corrected chi connectivity index (χ2v) is 5.72. The van der Waals surface area contributed by atoms with Crippen LogP contribution in [0.4, 0.5) is 4.39 Å². The minimum atomic E-state index is -0.142. The molecule has 112 valence electrons. The molecule has 1 N–H and O–H groups in total. The first-order valence-electron chi connectivity index (χ1n) is 7.60. The van der Waals surface area contributed by atoms with Gasteiger partial charge in [0.15, 0.2) is 0 Å². The molecular weight excluding hydrogens is 261 g/mol. The van der Waals surface area contributed by atoms with Crippen LogP contribution < -0.4 is 5.32 Å². The Morgan fingerprint density at radius 3 is 2.33 bits per heavy atom. The Bertz CT molecular complexity index is 599. The zero-order valence-corrected chi connectivity index (χ0v) is 13.3. The van der Waals surface area contributed by atoms with E-state index in [0.29, 0.717) is 0 Å². The van der Waals surface area contributed by atoms with Crippen molar-refractivity contribution in [2.75, 3.05) is 6.54 Å². The summed E-state index contributed by atoms with van der Waals surface area (Å²) in [6.45, 7) is 9.19. The second kappa shape index (κ2) is 6.86. The van der Waals surface area contributed by atoms with Gasteiger partial charge >= 0.3 is 0 Å². The Kier molecular flexibility index (Phi) is 5.13. The van der Waals surface area contributed by atoms with Gasteiger partial charge in [0, 0.05) is 5.56 Å². The van der Waals surface area contributed by atoms with Crippen LogP contribution in [0.1, 0.15) is 47.2 Å². The summed E-state index contributed by atoms with van der Waals surface area (Å²) in [5, 5.41) is 3.51. The standard InChI is InChI=1S/C19H24FN/c1-5-11-21-19(16-12-13(2)9-10-17(16)20)18-14(3)7-6-8-15(18)4/h6-10,12,19,21H,5,11H2,1-4H3. The smallest absolute Gasteiger partial charge is 0.128 e. The lowest BCUT2D eigenvalue weighted by Gasteiger charge is -2.24. The maximum absolute atomic E-state index is 14.4. The van der Waals surface area contributed by atoms with E-state index < -0.39 is 0 Å². The molecule has 1 nitrogen and oxygen atoms in total. The van der Waals surface area contributed by atoms with Crippen molar-refractivity contribution in [3.63, 3.8) is 0 Å². The molecule has 0 amide bonds. The van der Waals surface area contributed by atoms with E-state index >= 15 is 0 Å². The first-order valence-corrected chi connectivity index (χ1v) is 7.60. The minimum absolute atomic E-state index is 0.0916. The van der Waals surface area contributed by atoms with E-state index in [1.165, 1.54) is 16.7 Å². The van der Waals surface area contributed by atoms with Gasteiger partial charge in [-0.15, -0.1) is 0 Å². The average molecular weight is 285 g/mol. The van der Waals surface area contributed by atoms with Gasteiger partial charge in [0.05, 0.1) is 6.04 Å². The molecule has 2 aromatic rings. The Morgan fingerprint density at radius 2 is 1.71 bits per heavy atom. The van der Waals surface area contributed by atoms with Crippen LogP contribution in [0.15, 0.2) is 36.4 Å². The number of halogens is 1. The third-order valence-electron chi connectivity index (χ3n) is 3.89. The van der Waals surface area contributed by atoms with Gasteiger partial charge in [-0.3, -0.25) is 0 Å². The van der Waals surface area contributed by atoms with Crippen molar-refractivity contribution in [1.29, 1.82) is 0 Å². The fraction of sp³-hybridized carbons (Fsp3) is 0.368. The topological polar surface area (TPSA) is 12.0 Å². The summed E-state index contributed by atoms with van der Waals surface area (Å²) in [5.41, 5.74) is 5.41. The van der Waals surface area contributed by atoms with E-state index in [1.54, 1.807) is 6.07 Å². The normalized spacial score (nSPS) is 12.4. The summed E-state index contributed by atoms with van der Waals surface area (Å²) < 4.78 is 14.4. The van der Waals surface area contributed by atoms with Gasteiger partial charge in [0.2, 0.25) is 0 Å². The van der Waals surface area contributed by atoms with E-state index in [4.69, 9.17) is 0 Å². The molecule has 0 heterocycles. The van der Waals surface area contributed by atoms with Crippen LogP contribution in [0.2, 0.25) is 0 Å². The number of rotatable bonds is 5. The summed E-state index contributed by atoms with van der Waals surface area (Å²) in [6.07, 6.45) is 1.02. The second-order valence-electron chi connectivity index (χ2n) is 5.72. The van der Waals surface area contributed by atoms with Gasteiger partial charge in [0.25, 0.3) is 0 Å². The molecule has 1 unspecified atom stereocenters. The predicted octanol–water partition coefficient (Wildman–Crippen LogP) is 4.84. The third kappa shape index (κ3) is 3.51. The Morgan fingerprint density at radius 1 is 1.05 bits per heavy atom. The highest BCUT2D eigenvalue weighted by Gasteiger charge is 2.20. The molecule has 0 saturated heterocycles. The minimum Gasteiger partial charge on any atom is -0.306 e. The first kappa shape index (κ1) is 15.7. The monoisotopic (exact) mass is 285 g/mol. The Labute approximate surface area is 127 Å². The fourth-order valence-corrected chi connectivity index (χ4v) is 2.82. The largest absolute Gasteiger partial charge is 0.306 e. The lowest BCUT2D eigenvalue weighted by atomic mass is 9.90. The van der Waals surface area contributed by atoms with Crippen LogP contribution in [0.5, 0.6) is 0 Å². The van der Waals surface area contributed by atoms with Crippen molar-refractivity contribution in [1.82, 2.24) is 5.32 Å². The van der Waals surface area contributed by atoms with Gasteiger partial charge in [-0.05, 0) is 56.5 Å². The van der Waals surface area contributed by atoms with Gasteiger partial charge in [-0.25, -0.2) is 4.39 Å². The van der Waals surface area contributed by atoms with Crippen LogP contribution in [-0.2, 0) is 0 Å². The van der Waals surface area contributed by atoms with Crippen molar-refractivity contribution < 1.29 is 4.39 Å². The molecule has 0 bridgehead atoms. The maximum atomic E-state index is 14.4. The molecule has 0 aliphatic heterocycles. The SMILES string of the molecule is CCCNC(c1cc(C)ccc1F)c1c(C)cccc1C. The van der Waals surface area contributed by atoms with Crippen molar-refractivity contribution in [2.24, 2.45) is 0 Å². The van der Waals surface area contributed by atoms with Crippen molar-refractivity contribution >= 4 is 0 Å². The first-order chi connectivity index (χ1) is 10.0. The van der Waals surface area contributed by atoms with Gasteiger partial charge in [-0.2, -0.15) is 0 Å². The van der Waals surface area contributed by atoms with Gasteiger partial charge in [0.1, 0.15) is 5.82 Å². The van der Waals surface area contributed by atoms with Crippen molar-refractivity contribution in [3.05, 3.63) is 70.0 Å². The van der Waals surface area contributed by atoms with Crippen molar-refractivity contribution in [2.45, 2.75) is 40.2 Å². The summed E-state index contributed by atoms with van der Waals surface area (Å²) >= 11 is 0. The molecule has 0 spiro atoms. The zero-order chi connectivity index (χ0) is 15.4. The highest BCUT2D eigenvalue weighted by atomic mass is 19.1. The molecule has 0 fully saturated rings. The average Bonchev–Trinajstić information content (AvgIpc) is 2.45. The molecule has 0 aromatic heterocycles. The number of aryl methyl sites for hydroxylation is 3. The van der Waals surface area contributed by atoms with Gasteiger partial charge in [-0.1, -0.05) is 42.8 Å². The highest BCUT2D eigenvalue weighted by Crippen LogP contribution is 2.30. The zero-order valence-electron chi connectivity index (χ0n) is 13.3. The van der Waals surface area contributed by atoms with Crippen LogP contribution in [-0.4, -0.2) is 6.54 Å². The molecular formula is C19H24FN. The van der Waals surface area contributed by atoms with E-state index in [2.05, 4.69) is 44.3 Å². The predicted molar refractivity (Wildman–Crippen MR) is 87.2 cm³/mol. The molecule has 2 rings (SSSR count). The summed E-state index contributed by atoms with van der Waals surface area (Å²) in [7, 11) is 0. The Balaban J connectivity index is 2.55. The van der Waals surface area contributed by atoms with Gasteiger partial charge < -0.3 is 5.32 Å². The molecule has 0 aliphatic carbocycles. The number of hydrogen-bond donors (Lipinski definition) is 1. The number of hydrogen-bond acceptors (Lipinski definition) is 1. The van der Waals surface area contributed by atoms with Crippen LogP contribution in [0.3, 0.4) is 0 Å².